The number of pyridine rings is 1. The summed E-state index contributed by atoms with van der Waals surface area (Å²) in [7, 11) is 0. The van der Waals surface area contributed by atoms with Crippen LogP contribution in [0.2, 0.25) is 10.0 Å². The molecule has 37 heavy (non-hydrogen) atoms. The van der Waals surface area contributed by atoms with Crippen molar-refractivity contribution in [2.45, 2.75) is 25.8 Å². The van der Waals surface area contributed by atoms with E-state index in [1.807, 2.05) is 78.9 Å². The molecule has 1 fully saturated rings. The van der Waals surface area contributed by atoms with Crippen LogP contribution in [0, 0.1) is 11.8 Å². The molecule has 0 spiro atoms. The number of fused-ring (bicyclic) bond motifs is 2. The van der Waals surface area contributed by atoms with E-state index < -0.39 is 0 Å². The Morgan fingerprint density at radius 1 is 0.973 bits per heavy atom. The number of halogens is 2. The summed E-state index contributed by atoms with van der Waals surface area (Å²) in [6.07, 6.45) is 5.81. The quantitative estimate of drug-likeness (QED) is 0.270. The van der Waals surface area contributed by atoms with Crippen molar-refractivity contribution in [2.75, 3.05) is 0 Å². The molecule has 0 N–H and O–H groups in total. The maximum atomic E-state index is 14.0. The number of nitrogens with zero attached hydrogens (tertiary/aromatic N) is 3. The zero-order chi connectivity index (χ0) is 25.5. The number of rotatable bonds is 3. The van der Waals surface area contributed by atoms with Gasteiger partial charge in [-0.3, -0.25) is 9.78 Å². The molecule has 0 bridgehead atoms. The molecule has 3 unspecified atom stereocenters. The van der Waals surface area contributed by atoms with Crippen LogP contribution in [0.1, 0.15) is 47.3 Å². The average molecular weight is 526 g/mol. The minimum atomic E-state index is -0.208. The van der Waals surface area contributed by atoms with E-state index >= 15 is 0 Å². The number of hydrazone groups is 1. The van der Waals surface area contributed by atoms with Gasteiger partial charge in [-0.1, -0.05) is 60.5 Å². The second-order valence-corrected chi connectivity index (χ2v) is 10.8. The summed E-state index contributed by atoms with van der Waals surface area (Å²) in [5.41, 5.74) is 5.72. The van der Waals surface area contributed by atoms with Crippen molar-refractivity contribution in [3.05, 3.63) is 117 Å². The molecule has 1 aromatic heterocycles. The molecular weight excluding hydrogens is 501 g/mol. The lowest BCUT2D eigenvalue weighted by molar-refractivity contribution is 0.0676. The smallest absolute Gasteiger partial charge is 0.267 e. The molecule has 1 amide bonds. The number of carbonyl (C=O) groups excluding carboxylic acids is 1. The predicted molar refractivity (Wildman–Crippen MR) is 151 cm³/mol. The molecule has 184 valence electrons. The van der Waals surface area contributed by atoms with Crippen molar-refractivity contribution in [1.29, 1.82) is 0 Å². The highest BCUT2D eigenvalue weighted by Crippen LogP contribution is 2.46. The maximum Gasteiger partial charge on any atom is 0.274 e. The molecule has 0 radical (unpaired) electrons. The summed E-state index contributed by atoms with van der Waals surface area (Å²) in [4.78, 5) is 18.4. The fourth-order valence-electron chi connectivity index (χ4n) is 5.55. The first-order valence-electron chi connectivity index (χ1n) is 12.4. The van der Waals surface area contributed by atoms with Crippen LogP contribution in [0.5, 0.6) is 0 Å². The van der Waals surface area contributed by atoms with E-state index in [0.29, 0.717) is 21.5 Å². The zero-order valence-electron chi connectivity index (χ0n) is 20.3. The lowest BCUT2D eigenvalue weighted by Gasteiger charge is -2.32. The molecule has 3 aromatic carbocycles. The van der Waals surface area contributed by atoms with E-state index in [1.54, 1.807) is 11.2 Å². The van der Waals surface area contributed by atoms with Crippen LogP contribution in [0.25, 0.3) is 17.0 Å². The Morgan fingerprint density at radius 2 is 1.70 bits per heavy atom. The Morgan fingerprint density at radius 3 is 2.46 bits per heavy atom. The minimum Gasteiger partial charge on any atom is -0.267 e. The van der Waals surface area contributed by atoms with Crippen LogP contribution in [0.15, 0.2) is 95.7 Å². The third kappa shape index (κ3) is 4.68. The molecule has 6 heteroatoms. The second-order valence-electron chi connectivity index (χ2n) is 9.91. The molecule has 4 nitrogen and oxygen atoms in total. The van der Waals surface area contributed by atoms with Gasteiger partial charge in [0.15, 0.2) is 0 Å². The van der Waals surface area contributed by atoms with Crippen molar-refractivity contribution in [2.24, 2.45) is 16.9 Å². The number of carbonyl (C=O) groups is 1. The maximum absolute atomic E-state index is 14.0. The molecule has 0 saturated heterocycles. The van der Waals surface area contributed by atoms with E-state index in [0.717, 1.165) is 40.6 Å². The van der Waals surface area contributed by atoms with Gasteiger partial charge in [-0.25, -0.2) is 5.01 Å². The molecule has 1 saturated carbocycles. The van der Waals surface area contributed by atoms with E-state index in [9.17, 15) is 4.79 Å². The van der Waals surface area contributed by atoms with Gasteiger partial charge in [-0.2, -0.15) is 5.10 Å². The molecule has 6 rings (SSSR count). The second kappa shape index (κ2) is 9.77. The monoisotopic (exact) mass is 525 g/mol. The summed E-state index contributed by atoms with van der Waals surface area (Å²) in [5.74, 6) is 0.430. The Labute approximate surface area is 226 Å². The molecule has 2 heterocycles. The van der Waals surface area contributed by atoms with Gasteiger partial charge in [0, 0.05) is 33.1 Å². The Hall–Kier alpha value is -3.47. The molecular formula is C31H25Cl2N3O. The van der Waals surface area contributed by atoms with Crippen LogP contribution in [-0.4, -0.2) is 21.6 Å². The van der Waals surface area contributed by atoms with Crippen molar-refractivity contribution < 1.29 is 4.79 Å². The Balaban J connectivity index is 1.45. The van der Waals surface area contributed by atoms with Gasteiger partial charge in [0.05, 0.1) is 17.3 Å². The Bertz CT molecular complexity index is 1540. The third-order valence-electron chi connectivity index (χ3n) is 7.25. The minimum absolute atomic E-state index is 0.0922. The lowest BCUT2D eigenvalue weighted by atomic mass is 9.73. The molecule has 4 aromatic rings. The highest BCUT2D eigenvalue weighted by Gasteiger charge is 2.45. The SMILES string of the molecule is CC1CC(=Cc2ccc(Cl)cc2)C2=NN(C(=O)c3ccc4ncccc4c3)C(c3ccc(Cl)cc3)C2C1. The van der Waals surface area contributed by atoms with Crippen molar-refractivity contribution in [3.63, 3.8) is 0 Å². The topological polar surface area (TPSA) is 45.6 Å². The first kappa shape index (κ1) is 23.9. The summed E-state index contributed by atoms with van der Waals surface area (Å²) in [5, 5.41) is 9.03. The number of allylic oxidation sites excluding steroid dienone is 1. The van der Waals surface area contributed by atoms with E-state index in [1.165, 1.54) is 5.57 Å². The summed E-state index contributed by atoms with van der Waals surface area (Å²) in [6.45, 7) is 2.27. The largest absolute Gasteiger partial charge is 0.274 e. The van der Waals surface area contributed by atoms with Crippen molar-refractivity contribution in [1.82, 2.24) is 9.99 Å². The van der Waals surface area contributed by atoms with Crippen LogP contribution in [0.4, 0.5) is 0 Å². The van der Waals surface area contributed by atoms with Gasteiger partial charge in [-0.15, -0.1) is 0 Å². The van der Waals surface area contributed by atoms with Crippen LogP contribution in [-0.2, 0) is 0 Å². The average Bonchev–Trinajstić information content (AvgIpc) is 3.29. The van der Waals surface area contributed by atoms with Gasteiger partial charge in [0.2, 0.25) is 0 Å². The van der Waals surface area contributed by atoms with Gasteiger partial charge in [0.1, 0.15) is 0 Å². The number of hydrogen-bond acceptors (Lipinski definition) is 3. The first-order valence-corrected chi connectivity index (χ1v) is 13.2. The summed E-state index contributed by atoms with van der Waals surface area (Å²) < 4.78 is 0. The van der Waals surface area contributed by atoms with Crippen molar-refractivity contribution >= 4 is 51.8 Å². The summed E-state index contributed by atoms with van der Waals surface area (Å²) >= 11 is 12.3. The summed E-state index contributed by atoms with van der Waals surface area (Å²) in [6, 6.07) is 24.9. The van der Waals surface area contributed by atoms with E-state index in [4.69, 9.17) is 28.3 Å². The Kier molecular flexibility index (Phi) is 6.31. The van der Waals surface area contributed by atoms with E-state index in [-0.39, 0.29) is 17.9 Å². The van der Waals surface area contributed by atoms with Crippen LogP contribution < -0.4 is 0 Å². The molecule has 3 atom stereocenters. The fourth-order valence-corrected chi connectivity index (χ4v) is 5.80. The standard InChI is InChI=1S/C31H25Cl2N3O/c1-19-15-24(17-20-4-9-25(32)10-5-20)29-27(16-19)30(21-6-11-26(33)12-7-21)36(35-29)31(37)23-8-13-28-22(18-23)3-2-14-34-28/h2-14,17-19,27,30H,15-16H2,1H3. The van der Waals surface area contributed by atoms with Crippen molar-refractivity contribution in [3.8, 4) is 0 Å². The highest BCUT2D eigenvalue weighted by molar-refractivity contribution is 6.30. The number of benzene rings is 3. The number of aromatic nitrogens is 1. The molecule has 2 aliphatic rings. The van der Waals surface area contributed by atoms with Gasteiger partial charge >= 0.3 is 0 Å². The van der Waals surface area contributed by atoms with E-state index in [2.05, 4.69) is 18.0 Å². The fraction of sp³-hybridized carbons (Fsp3) is 0.194. The van der Waals surface area contributed by atoms with Crippen LogP contribution >= 0.6 is 23.2 Å². The third-order valence-corrected chi connectivity index (χ3v) is 7.75. The highest BCUT2D eigenvalue weighted by atomic mass is 35.5. The van der Waals surface area contributed by atoms with Gasteiger partial charge in [0.25, 0.3) is 5.91 Å². The lowest BCUT2D eigenvalue weighted by Crippen LogP contribution is -2.33. The molecule has 1 aliphatic heterocycles. The van der Waals surface area contributed by atoms with Gasteiger partial charge < -0.3 is 0 Å². The molecule has 1 aliphatic carbocycles. The van der Waals surface area contributed by atoms with Crippen LogP contribution in [0.3, 0.4) is 0 Å². The number of hydrogen-bond donors (Lipinski definition) is 0. The number of amides is 1. The predicted octanol–water partition coefficient (Wildman–Crippen LogP) is 8.22. The first-order chi connectivity index (χ1) is 18.0. The van der Waals surface area contributed by atoms with Gasteiger partial charge in [-0.05, 0) is 90.1 Å². The zero-order valence-corrected chi connectivity index (χ0v) is 21.8. The normalized spacial score (nSPS) is 22.2.